The summed E-state index contributed by atoms with van der Waals surface area (Å²) in [6, 6.07) is 5.54. The van der Waals surface area contributed by atoms with Crippen molar-refractivity contribution in [3.8, 4) is 5.82 Å². The van der Waals surface area contributed by atoms with Crippen LogP contribution in [0.25, 0.3) is 5.82 Å². The first-order chi connectivity index (χ1) is 10.2. The standard InChI is InChI=1S/C15H19N5O/c1-2-15(6-8-16-11-15)14(21)19-12-4-5-13(17-10-12)20-9-3-7-18-20/h3-5,7,9-10,16H,2,6,8,11H2,1H3,(H,19,21). The summed E-state index contributed by atoms with van der Waals surface area (Å²) in [6.07, 6.45) is 6.92. The van der Waals surface area contributed by atoms with E-state index in [-0.39, 0.29) is 11.3 Å². The average Bonchev–Trinajstić information content (AvgIpc) is 3.20. The fourth-order valence-electron chi connectivity index (χ4n) is 2.66. The molecular formula is C15H19N5O. The zero-order chi connectivity index (χ0) is 14.7. The minimum atomic E-state index is -0.291. The van der Waals surface area contributed by atoms with E-state index in [2.05, 4.69) is 27.6 Å². The number of hydrogen-bond donors (Lipinski definition) is 2. The number of amides is 1. The highest BCUT2D eigenvalue weighted by atomic mass is 16.2. The van der Waals surface area contributed by atoms with Gasteiger partial charge in [-0.15, -0.1) is 0 Å². The zero-order valence-electron chi connectivity index (χ0n) is 12.0. The molecule has 0 spiro atoms. The quantitative estimate of drug-likeness (QED) is 0.895. The Bertz CT molecular complexity index is 600. The van der Waals surface area contributed by atoms with Crippen molar-refractivity contribution in [1.82, 2.24) is 20.1 Å². The van der Waals surface area contributed by atoms with Crippen molar-refractivity contribution in [2.75, 3.05) is 18.4 Å². The highest BCUT2D eigenvalue weighted by molar-refractivity contribution is 5.95. The number of rotatable bonds is 4. The smallest absolute Gasteiger partial charge is 0.231 e. The van der Waals surface area contributed by atoms with Crippen LogP contribution in [0.2, 0.25) is 0 Å². The lowest BCUT2D eigenvalue weighted by Gasteiger charge is -2.25. The summed E-state index contributed by atoms with van der Waals surface area (Å²) in [5.74, 6) is 0.800. The van der Waals surface area contributed by atoms with E-state index in [1.54, 1.807) is 17.1 Å². The van der Waals surface area contributed by atoms with Gasteiger partial charge in [0.2, 0.25) is 5.91 Å². The van der Waals surface area contributed by atoms with Gasteiger partial charge in [-0.2, -0.15) is 5.10 Å². The molecule has 2 aromatic rings. The van der Waals surface area contributed by atoms with Gasteiger partial charge >= 0.3 is 0 Å². The van der Waals surface area contributed by atoms with Gasteiger partial charge in [0.05, 0.1) is 17.3 Å². The number of pyridine rings is 1. The third kappa shape index (κ3) is 2.67. The van der Waals surface area contributed by atoms with Crippen LogP contribution >= 0.6 is 0 Å². The van der Waals surface area contributed by atoms with Crippen molar-refractivity contribution in [3.05, 3.63) is 36.8 Å². The lowest BCUT2D eigenvalue weighted by molar-refractivity contribution is -0.124. The number of aromatic nitrogens is 3. The maximum Gasteiger partial charge on any atom is 0.231 e. The highest BCUT2D eigenvalue weighted by Gasteiger charge is 2.39. The molecule has 1 aliphatic heterocycles. The summed E-state index contributed by atoms with van der Waals surface area (Å²) in [4.78, 5) is 16.8. The molecule has 6 nitrogen and oxygen atoms in total. The summed E-state index contributed by atoms with van der Waals surface area (Å²) in [6.45, 7) is 3.71. The maximum absolute atomic E-state index is 12.5. The van der Waals surface area contributed by atoms with Gasteiger partial charge in [-0.25, -0.2) is 9.67 Å². The Morgan fingerprint density at radius 2 is 2.43 bits per heavy atom. The molecule has 0 aliphatic carbocycles. The van der Waals surface area contributed by atoms with E-state index in [1.807, 2.05) is 24.4 Å². The lowest BCUT2D eigenvalue weighted by atomic mass is 9.83. The number of carbonyl (C=O) groups excluding carboxylic acids is 1. The van der Waals surface area contributed by atoms with Crippen LogP contribution in [-0.2, 0) is 4.79 Å². The molecule has 2 N–H and O–H groups in total. The predicted octanol–water partition coefficient (Wildman–Crippen LogP) is 1.60. The van der Waals surface area contributed by atoms with E-state index >= 15 is 0 Å². The van der Waals surface area contributed by atoms with Crippen LogP contribution < -0.4 is 10.6 Å². The molecular weight excluding hydrogens is 266 g/mol. The number of nitrogens with zero attached hydrogens (tertiary/aromatic N) is 3. The molecule has 110 valence electrons. The van der Waals surface area contributed by atoms with Crippen LogP contribution in [0.3, 0.4) is 0 Å². The SMILES string of the molecule is CCC1(C(=O)Nc2ccc(-n3cccn3)nc2)CCNC1. The Hall–Kier alpha value is -2.21. The Labute approximate surface area is 123 Å². The highest BCUT2D eigenvalue weighted by Crippen LogP contribution is 2.30. The van der Waals surface area contributed by atoms with Gasteiger partial charge in [-0.3, -0.25) is 4.79 Å². The molecule has 1 aliphatic rings. The van der Waals surface area contributed by atoms with Gasteiger partial charge in [0.25, 0.3) is 0 Å². The summed E-state index contributed by atoms with van der Waals surface area (Å²) in [7, 11) is 0. The van der Waals surface area contributed by atoms with Crippen LogP contribution in [0, 0.1) is 5.41 Å². The second-order valence-corrected chi connectivity index (χ2v) is 5.37. The van der Waals surface area contributed by atoms with Gasteiger partial charge in [0, 0.05) is 18.9 Å². The van der Waals surface area contributed by atoms with Crippen molar-refractivity contribution in [2.45, 2.75) is 19.8 Å². The topological polar surface area (TPSA) is 71.8 Å². The summed E-state index contributed by atoms with van der Waals surface area (Å²) in [5.41, 5.74) is 0.427. The van der Waals surface area contributed by atoms with E-state index in [9.17, 15) is 4.79 Å². The predicted molar refractivity (Wildman–Crippen MR) is 80.2 cm³/mol. The van der Waals surface area contributed by atoms with Crippen molar-refractivity contribution >= 4 is 11.6 Å². The molecule has 2 aromatic heterocycles. The zero-order valence-corrected chi connectivity index (χ0v) is 12.0. The molecule has 0 aromatic carbocycles. The van der Waals surface area contributed by atoms with Crippen molar-refractivity contribution < 1.29 is 4.79 Å². The Morgan fingerprint density at radius 1 is 1.52 bits per heavy atom. The first-order valence-electron chi connectivity index (χ1n) is 7.22. The van der Waals surface area contributed by atoms with Crippen molar-refractivity contribution in [1.29, 1.82) is 0 Å². The van der Waals surface area contributed by atoms with E-state index < -0.39 is 0 Å². The van der Waals surface area contributed by atoms with E-state index in [0.717, 1.165) is 37.4 Å². The first-order valence-corrected chi connectivity index (χ1v) is 7.22. The fourth-order valence-corrected chi connectivity index (χ4v) is 2.66. The van der Waals surface area contributed by atoms with Crippen LogP contribution in [0.1, 0.15) is 19.8 Å². The summed E-state index contributed by atoms with van der Waals surface area (Å²) in [5, 5.41) is 10.4. The molecule has 0 bridgehead atoms. The second-order valence-electron chi connectivity index (χ2n) is 5.37. The molecule has 21 heavy (non-hydrogen) atoms. The molecule has 0 radical (unpaired) electrons. The second kappa shape index (κ2) is 5.65. The summed E-state index contributed by atoms with van der Waals surface area (Å²) < 4.78 is 1.68. The molecule has 3 heterocycles. The molecule has 1 fully saturated rings. The third-order valence-corrected chi connectivity index (χ3v) is 4.15. The van der Waals surface area contributed by atoms with Crippen molar-refractivity contribution in [3.63, 3.8) is 0 Å². The monoisotopic (exact) mass is 285 g/mol. The molecule has 1 amide bonds. The van der Waals surface area contributed by atoms with Gasteiger partial charge < -0.3 is 10.6 Å². The maximum atomic E-state index is 12.5. The Balaban J connectivity index is 1.72. The average molecular weight is 285 g/mol. The summed E-state index contributed by atoms with van der Waals surface area (Å²) >= 11 is 0. The minimum Gasteiger partial charge on any atom is -0.324 e. The molecule has 6 heteroatoms. The number of nitrogens with one attached hydrogen (secondary N) is 2. The normalized spacial score (nSPS) is 21.4. The molecule has 1 saturated heterocycles. The van der Waals surface area contributed by atoms with Crippen LogP contribution in [-0.4, -0.2) is 33.8 Å². The van der Waals surface area contributed by atoms with Crippen LogP contribution in [0.5, 0.6) is 0 Å². The van der Waals surface area contributed by atoms with E-state index in [0.29, 0.717) is 0 Å². The van der Waals surface area contributed by atoms with Gasteiger partial charge in [-0.05, 0) is 37.6 Å². The first kappa shape index (κ1) is 13.8. The third-order valence-electron chi connectivity index (χ3n) is 4.15. The largest absolute Gasteiger partial charge is 0.324 e. The Morgan fingerprint density at radius 3 is 3.00 bits per heavy atom. The van der Waals surface area contributed by atoms with Gasteiger partial charge in [-0.1, -0.05) is 6.92 Å². The number of anilines is 1. The molecule has 0 saturated carbocycles. The molecule has 1 unspecified atom stereocenters. The van der Waals surface area contributed by atoms with Crippen molar-refractivity contribution in [2.24, 2.45) is 5.41 Å². The lowest BCUT2D eigenvalue weighted by Crippen LogP contribution is -2.37. The fraction of sp³-hybridized carbons (Fsp3) is 0.400. The minimum absolute atomic E-state index is 0.0728. The van der Waals surface area contributed by atoms with Crippen LogP contribution in [0.15, 0.2) is 36.8 Å². The number of hydrogen-bond acceptors (Lipinski definition) is 4. The van der Waals surface area contributed by atoms with Crippen LogP contribution in [0.4, 0.5) is 5.69 Å². The van der Waals surface area contributed by atoms with Gasteiger partial charge in [0.15, 0.2) is 5.82 Å². The molecule has 3 rings (SSSR count). The van der Waals surface area contributed by atoms with E-state index in [4.69, 9.17) is 0 Å². The number of carbonyl (C=O) groups is 1. The van der Waals surface area contributed by atoms with E-state index in [1.165, 1.54) is 0 Å². The van der Waals surface area contributed by atoms with Gasteiger partial charge in [0.1, 0.15) is 0 Å². The molecule has 1 atom stereocenters. The Kier molecular flexibility index (Phi) is 3.70.